The molecule has 0 amide bonds. The molecule has 2 heterocycles. The van der Waals surface area contributed by atoms with Gasteiger partial charge >= 0.3 is 0 Å². The van der Waals surface area contributed by atoms with Crippen molar-refractivity contribution in [2.45, 2.75) is 6.04 Å². The van der Waals surface area contributed by atoms with Crippen molar-refractivity contribution < 1.29 is 8.81 Å². The molecule has 86 valence electrons. The molecule has 0 bridgehead atoms. The molecule has 4 heteroatoms. The van der Waals surface area contributed by atoms with Crippen LogP contribution in [0.25, 0.3) is 10.1 Å². The van der Waals surface area contributed by atoms with Gasteiger partial charge in [-0.05, 0) is 29.7 Å². The maximum Gasteiger partial charge on any atom is 0.124 e. The largest absolute Gasteiger partial charge is 0.472 e. The first kappa shape index (κ1) is 10.5. The van der Waals surface area contributed by atoms with Crippen LogP contribution < -0.4 is 5.73 Å². The summed E-state index contributed by atoms with van der Waals surface area (Å²) in [7, 11) is 0. The van der Waals surface area contributed by atoms with E-state index in [4.69, 9.17) is 10.2 Å². The quantitative estimate of drug-likeness (QED) is 0.750. The molecular weight excluding hydrogens is 237 g/mol. The monoisotopic (exact) mass is 247 g/mol. The molecular formula is C13H10FNOS. The fraction of sp³-hybridized carbons (Fsp3) is 0.0769. The van der Waals surface area contributed by atoms with E-state index in [1.165, 1.54) is 23.5 Å². The Morgan fingerprint density at radius 1 is 1.24 bits per heavy atom. The molecule has 0 spiro atoms. The van der Waals surface area contributed by atoms with Crippen LogP contribution in [-0.2, 0) is 0 Å². The van der Waals surface area contributed by atoms with Gasteiger partial charge in [0.1, 0.15) is 5.82 Å². The summed E-state index contributed by atoms with van der Waals surface area (Å²) in [6, 6.07) is 8.39. The van der Waals surface area contributed by atoms with Gasteiger partial charge in [0.2, 0.25) is 0 Å². The average Bonchev–Trinajstić information content (AvgIpc) is 2.96. The zero-order valence-corrected chi connectivity index (χ0v) is 9.71. The lowest BCUT2D eigenvalue weighted by Crippen LogP contribution is -2.08. The van der Waals surface area contributed by atoms with E-state index in [1.54, 1.807) is 18.6 Å². The lowest BCUT2D eigenvalue weighted by Gasteiger charge is -2.04. The number of thiophene rings is 1. The first-order valence-electron chi connectivity index (χ1n) is 5.21. The Morgan fingerprint density at radius 2 is 2.12 bits per heavy atom. The first-order valence-corrected chi connectivity index (χ1v) is 6.02. The lowest BCUT2D eigenvalue weighted by atomic mass is 10.1. The highest BCUT2D eigenvalue weighted by Crippen LogP contribution is 2.32. The fourth-order valence-corrected chi connectivity index (χ4v) is 2.91. The van der Waals surface area contributed by atoms with Gasteiger partial charge in [0.05, 0.1) is 18.6 Å². The van der Waals surface area contributed by atoms with Crippen molar-refractivity contribution in [3.8, 4) is 0 Å². The topological polar surface area (TPSA) is 39.2 Å². The van der Waals surface area contributed by atoms with Crippen molar-refractivity contribution in [1.82, 2.24) is 0 Å². The van der Waals surface area contributed by atoms with Crippen LogP contribution in [0, 0.1) is 5.82 Å². The second kappa shape index (κ2) is 3.98. The molecule has 3 rings (SSSR count). The van der Waals surface area contributed by atoms with Crippen molar-refractivity contribution in [2.24, 2.45) is 5.73 Å². The molecule has 2 aromatic heterocycles. The maximum atomic E-state index is 13.1. The highest BCUT2D eigenvalue weighted by Gasteiger charge is 2.13. The van der Waals surface area contributed by atoms with Crippen LogP contribution in [0.1, 0.15) is 16.5 Å². The molecule has 3 aromatic rings. The Bertz CT molecular complexity index is 645. The zero-order chi connectivity index (χ0) is 11.8. The Kier molecular flexibility index (Phi) is 2.46. The number of rotatable bonds is 2. The van der Waals surface area contributed by atoms with E-state index in [2.05, 4.69) is 0 Å². The SMILES string of the molecule is NC(c1ccoc1)c1cc2ccc(F)cc2s1. The van der Waals surface area contributed by atoms with Gasteiger partial charge in [-0.3, -0.25) is 0 Å². The summed E-state index contributed by atoms with van der Waals surface area (Å²) in [6.07, 6.45) is 3.23. The summed E-state index contributed by atoms with van der Waals surface area (Å²) < 4.78 is 19.0. The van der Waals surface area contributed by atoms with Crippen LogP contribution in [0.5, 0.6) is 0 Å². The Hall–Kier alpha value is -1.65. The Labute approximate surface area is 101 Å². The molecule has 1 aromatic carbocycles. The molecule has 0 saturated heterocycles. The van der Waals surface area contributed by atoms with Gasteiger partial charge in [-0.2, -0.15) is 0 Å². The summed E-state index contributed by atoms with van der Waals surface area (Å²) in [5, 5.41) is 1.02. The number of furan rings is 1. The number of hydrogen-bond acceptors (Lipinski definition) is 3. The smallest absolute Gasteiger partial charge is 0.124 e. The minimum atomic E-state index is -0.220. The second-order valence-electron chi connectivity index (χ2n) is 3.87. The van der Waals surface area contributed by atoms with E-state index in [1.807, 2.05) is 12.1 Å². The second-order valence-corrected chi connectivity index (χ2v) is 4.98. The van der Waals surface area contributed by atoms with E-state index < -0.39 is 0 Å². The molecule has 0 aliphatic heterocycles. The van der Waals surface area contributed by atoms with Gasteiger partial charge in [0.15, 0.2) is 0 Å². The van der Waals surface area contributed by atoms with Gasteiger partial charge in [0, 0.05) is 15.1 Å². The van der Waals surface area contributed by atoms with E-state index in [9.17, 15) is 4.39 Å². The highest BCUT2D eigenvalue weighted by molar-refractivity contribution is 7.19. The van der Waals surface area contributed by atoms with Crippen molar-refractivity contribution in [1.29, 1.82) is 0 Å². The van der Waals surface area contributed by atoms with Crippen molar-refractivity contribution >= 4 is 21.4 Å². The molecule has 17 heavy (non-hydrogen) atoms. The first-order chi connectivity index (χ1) is 8.24. The van der Waals surface area contributed by atoms with E-state index in [-0.39, 0.29) is 11.9 Å². The van der Waals surface area contributed by atoms with E-state index in [0.29, 0.717) is 0 Å². The summed E-state index contributed by atoms with van der Waals surface area (Å²) >= 11 is 1.51. The van der Waals surface area contributed by atoms with Crippen molar-refractivity contribution in [3.63, 3.8) is 0 Å². The molecule has 0 aliphatic carbocycles. The van der Waals surface area contributed by atoms with Crippen molar-refractivity contribution in [3.05, 3.63) is 59.1 Å². The third kappa shape index (κ3) is 1.85. The minimum absolute atomic E-state index is 0.214. The Balaban J connectivity index is 2.06. The molecule has 2 N–H and O–H groups in total. The van der Waals surface area contributed by atoms with Crippen molar-refractivity contribution in [2.75, 3.05) is 0 Å². The third-order valence-electron chi connectivity index (χ3n) is 2.71. The summed E-state index contributed by atoms with van der Waals surface area (Å²) in [6.45, 7) is 0. The van der Waals surface area contributed by atoms with Crippen LogP contribution in [-0.4, -0.2) is 0 Å². The molecule has 2 nitrogen and oxygen atoms in total. The van der Waals surface area contributed by atoms with Gasteiger partial charge in [-0.1, -0.05) is 6.07 Å². The zero-order valence-electron chi connectivity index (χ0n) is 8.89. The molecule has 0 radical (unpaired) electrons. The predicted octanol–water partition coefficient (Wildman–Crippen LogP) is 3.68. The molecule has 0 saturated carbocycles. The summed E-state index contributed by atoms with van der Waals surface area (Å²) in [5.41, 5.74) is 7.05. The van der Waals surface area contributed by atoms with Crippen LogP contribution in [0.2, 0.25) is 0 Å². The minimum Gasteiger partial charge on any atom is -0.472 e. The molecule has 1 atom stereocenters. The predicted molar refractivity (Wildman–Crippen MR) is 66.5 cm³/mol. The van der Waals surface area contributed by atoms with Crippen LogP contribution >= 0.6 is 11.3 Å². The third-order valence-corrected chi connectivity index (χ3v) is 3.89. The van der Waals surface area contributed by atoms with E-state index >= 15 is 0 Å². The lowest BCUT2D eigenvalue weighted by molar-refractivity contribution is 0.562. The number of nitrogens with two attached hydrogens (primary N) is 1. The van der Waals surface area contributed by atoms with Crippen LogP contribution in [0.4, 0.5) is 4.39 Å². The fourth-order valence-electron chi connectivity index (χ4n) is 1.80. The van der Waals surface area contributed by atoms with Gasteiger partial charge in [0.25, 0.3) is 0 Å². The molecule has 0 aliphatic rings. The highest BCUT2D eigenvalue weighted by atomic mass is 32.1. The summed E-state index contributed by atoms with van der Waals surface area (Å²) in [4.78, 5) is 1.01. The number of fused-ring (bicyclic) bond motifs is 1. The normalized spacial score (nSPS) is 13.1. The maximum absolute atomic E-state index is 13.1. The molecule has 1 unspecified atom stereocenters. The summed E-state index contributed by atoms with van der Waals surface area (Å²) in [5.74, 6) is -0.220. The number of hydrogen-bond donors (Lipinski definition) is 1. The Morgan fingerprint density at radius 3 is 2.88 bits per heavy atom. The van der Waals surface area contributed by atoms with Gasteiger partial charge in [-0.15, -0.1) is 11.3 Å². The number of benzene rings is 1. The number of halogens is 1. The van der Waals surface area contributed by atoms with Crippen LogP contribution in [0.15, 0.2) is 47.3 Å². The van der Waals surface area contributed by atoms with Gasteiger partial charge < -0.3 is 10.2 Å². The van der Waals surface area contributed by atoms with E-state index in [0.717, 1.165) is 20.5 Å². The standard InChI is InChI=1S/C13H10FNOS/c14-10-2-1-8-5-12(17-11(8)6-10)13(15)9-3-4-16-7-9/h1-7,13H,15H2. The molecule has 0 fully saturated rings. The van der Waals surface area contributed by atoms with Crippen LogP contribution in [0.3, 0.4) is 0 Å². The van der Waals surface area contributed by atoms with Gasteiger partial charge in [-0.25, -0.2) is 4.39 Å². The average molecular weight is 247 g/mol.